The van der Waals surface area contributed by atoms with Gasteiger partial charge in [-0.05, 0) is 31.4 Å². The molecule has 0 bridgehead atoms. The summed E-state index contributed by atoms with van der Waals surface area (Å²) in [5, 5.41) is 0. The standard InChI is InChI=1S/C15H23N3O/c1-6-19-12-9-7-8-11-13(12)17-14(16)18(11)10(2)15(3,4)5/h7-10H,6H2,1-5H3,(H2,16,17). The fraction of sp³-hybridized carbons (Fsp3) is 0.533. The van der Waals surface area contributed by atoms with Crippen LogP contribution in [0.25, 0.3) is 11.0 Å². The zero-order valence-corrected chi connectivity index (χ0v) is 12.4. The molecule has 4 nitrogen and oxygen atoms in total. The molecule has 1 heterocycles. The fourth-order valence-electron chi connectivity index (χ4n) is 2.18. The molecule has 104 valence electrons. The number of para-hydroxylation sites is 1. The molecular formula is C15H23N3O. The van der Waals surface area contributed by atoms with Crippen LogP contribution in [0, 0.1) is 5.41 Å². The van der Waals surface area contributed by atoms with Crippen molar-refractivity contribution in [1.82, 2.24) is 9.55 Å². The SMILES string of the molecule is CCOc1cccc2c1nc(N)n2C(C)C(C)(C)C. The lowest BCUT2D eigenvalue weighted by atomic mass is 9.88. The molecule has 0 saturated carbocycles. The predicted octanol–water partition coefficient (Wildman–Crippen LogP) is 3.62. The van der Waals surface area contributed by atoms with Gasteiger partial charge < -0.3 is 15.0 Å². The Labute approximate surface area is 114 Å². The summed E-state index contributed by atoms with van der Waals surface area (Å²) >= 11 is 0. The van der Waals surface area contributed by atoms with Gasteiger partial charge in [0, 0.05) is 6.04 Å². The van der Waals surface area contributed by atoms with Gasteiger partial charge in [0.2, 0.25) is 5.95 Å². The van der Waals surface area contributed by atoms with Crippen molar-refractivity contribution in [2.45, 2.75) is 40.7 Å². The van der Waals surface area contributed by atoms with E-state index in [1.54, 1.807) is 0 Å². The van der Waals surface area contributed by atoms with E-state index in [2.05, 4.69) is 37.2 Å². The maximum atomic E-state index is 6.11. The second kappa shape index (κ2) is 4.76. The van der Waals surface area contributed by atoms with Crippen LogP contribution in [0.1, 0.15) is 40.7 Å². The number of nitrogens with two attached hydrogens (primary N) is 1. The Kier molecular flexibility index (Phi) is 3.43. The molecular weight excluding hydrogens is 238 g/mol. The van der Waals surface area contributed by atoms with Gasteiger partial charge in [-0.3, -0.25) is 0 Å². The summed E-state index contributed by atoms with van der Waals surface area (Å²) in [6.07, 6.45) is 0. The van der Waals surface area contributed by atoms with E-state index < -0.39 is 0 Å². The third-order valence-electron chi connectivity index (χ3n) is 3.65. The van der Waals surface area contributed by atoms with E-state index >= 15 is 0 Å². The number of anilines is 1. The molecule has 1 aromatic heterocycles. The highest BCUT2D eigenvalue weighted by molar-refractivity contribution is 5.84. The molecule has 0 amide bonds. The predicted molar refractivity (Wildman–Crippen MR) is 79.5 cm³/mol. The van der Waals surface area contributed by atoms with Gasteiger partial charge in [0.15, 0.2) is 0 Å². The number of nitrogen functional groups attached to an aromatic ring is 1. The van der Waals surface area contributed by atoms with E-state index in [1.165, 1.54) is 0 Å². The van der Waals surface area contributed by atoms with Crippen molar-refractivity contribution in [2.75, 3.05) is 12.3 Å². The lowest BCUT2D eigenvalue weighted by Gasteiger charge is -2.29. The van der Waals surface area contributed by atoms with E-state index in [-0.39, 0.29) is 11.5 Å². The maximum Gasteiger partial charge on any atom is 0.201 e. The molecule has 4 heteroatoms. The molecule has 1 atom stereocenters. The summed E-state index contributed by atoms with van der Waals surface area (Å²) in [4.78, 5) is 4.48. The minimum absolute atomic E-state index is 0.114. The van der Waals surface area contributed by atoms with E-state index in [9.17, 15) is 0 Å². The molecule has 0 aliphatic rings. The number of imidazole rings is 1. The summed E-state index contributed by atoms with van der Waals surface area (Å²) in [6.45, 7) is 11.4. The second-order valence-electron chi connectivity index (χ2n) is 5.94. The van der Waals surface area contributed by atoms with Crippen LogP contribution < -0.4 is 10.5 Å². The molecule has 0 aliphatic carbocycles. The van der Waals surface area contributed by atoms with Crippen LogP contribution in [-0.2, 0) is 0 Å². The molecule has 2 rings (SSSR count). The normalized spacial score (nSPS) is 13.7. The molecule has 1 unspecified atom stereocenters. The van der Waals surface area contributed by atoms with Gasteiger partial charge in [-0.15, -0.1) is 0 Å². The van der Waals surface area contributed by atoms with E-state index in [0.717, 1.165) is 16.8 Å². The molecule has 0 radical (unpaired) electrons. The second-order valence-corrected chi connectivity index (χ2v) is 5.94. The van der Waals surface area contributed by atoms with E-state index in [0.29, 0.717) is 12.6 Å². The lowest BCUT2D eigenvalue weighted by Crippen LogP contribution is -2.22. The molecule has 0 saturated heterocycles. The lowest BCUT2D eigenvalue weighted by molar-refractivity contribution is 0.270. The first-order chi connectivity index (χ1) is 8.86. The average Bonchev–Trinajstić information content (AvgIpc) is 2.64. The van der Waals surface area contributed by atoms with Gasteiger partial charge in [-0.25, -0.2) is 4.98 Å². The first-order valence-corrected chi connectivity index (χ1v) is 6.75. The average molecular weight is 261 g/mol. The van der Waals surface area contributed by atoms with Crippen LogP contribution in [0.2, 0.25) is 0 Å². The Morgan fingerprint density at radius 1 is 1.37 bits per heavy atom. The number of hydrogen-bond donors (Lipinski definition) is 1. The summed E-state index contributed by atoms with van der Waals surface area (Å²) < 4.78 is 7.72. The Morgan fingerprint density at radius 3 is 2.63 bits per heavy atom. The third-order valence-corrected chi connectivity index (χ3v) is 3.65. The van der Waals surface area contributed by atoms with Crippen molar-refractivity contribution in [3.8, 4) is 5.75 Å². The monoisotopic (exact) mass is 261 g/mol. The Balaban J connectivity index is 2.63. The minimum Gasteiger partial charge on any atom is -0.492 e. The zero-order chi connectivity index (χ0) is 14.2. The van der Waals surface area contributed by atoms with Crippen LogP contribution in [0.4, 0.5) is 5.95 Å². The van der Waals surface area contributed by atoms with Crippen molar-refractivity contribution >= 4 is 17.0 Å². The number of aromatic nitrogens is 2. The molecule has 19 heavy (non-hydrogen) atoms. The van der Waals surface area contributed by atoms with Crippen LogP contribution in [0.15, 0.2) is 18.2 Å². The van der Waals surface area contributed by atoms with Crippen LogP contribution in [-0.4, -0.2) is 16.2 Å². The van der Waals surface area contributed by atoms with Gasteiger partial charge in [-0.2, -0.15) is 0 Å². The summed E-state index contributed by atoms with van der Waals surface area (Å²) in [5.41, 5.74) is 8.11. The summed E-state index contributed by atoms with van der Waals surface area (Å²) in [6, 6.07) is 6.23. The Morgan fingerprint density at radius 2 is 2.05 bits per heavy atom. The number of benzene rings is 1. The molecule has 0 fully saturated rings. The third kappa shape index (κ3) is 2.39. The first kappa shape index (κ1) is 13.7. The van der Waals surface area contributed by atoms with Gasteiger partial charge in [-0.1, -0.05) is 26.8 Å². The number of fused-ring (bicyclic) bond motifs is 1. The Hall–Kier alpha value is -1.71. The molecule has 0 spiro atoms. The molecule has 2 N–H and O–H groups in total. The van der Waals surface area contributed by atoms with Crippen LogP contribution in [0.5, 0.6) is 5.75 Å². The van der Waals surface area contributed by atoms with Crippen molar-refractivity contribution in [1.29, 1.82) is 0 Å². The van der Waals surface area contributed by atoms with Crippen molar-refractivity contribution in [3.63, 3.8) is 0 Å². The number of rotatable bonds is 3. The zero-order valence-electron chi connectivity index (χ0n) is 12.4. The number of nitrogens with zero attached hydrogens (tertiary/aromatic N) is 2. The van der Waals surface area contributed by atoms with E-state index in [4.69, 9.17) is 10.5 Å². The van der Waals surface area contributed by atoms with Gasteiger partial charge in [0.1, 0.15) is 11.3 Å². The van der Waals surface area contributed by atoms with E-state index in [1.807, 2.05) is 25.1 Å². The van der Waals surface area contributed by atoms with Gasteiger partial charge in [0.05, 0.1) is 12.1 Å². The molecule has 0 aliphatic heterocycles. The van der Waals surface area contributed by atoms with Crippen molar-refractivity contribution < 1.29 is 4.74 Å². The topological polar surface area (TPSA) is 53.1 Å². The highest BCUT2D eigenvalue weighted by Crippen LogP contribution is 2.36. The smallest absolute Gasteiger partial charge is 0.201 e. The van der Waals surface area contributed by atoms with Crippen LogP contribution in [0.3, 0.4) is 0 Å². The van der Waals surface area contributed by atoms with Crippen molar-refractivity contribution in [3.05, 3.63) is 18.2 Å². The number of ether oxygens (including phenoxy) is 1. The molecule has 2 aromatic rings. The summed E-state index contributed by atoms with van der Waals surface area (Å²) in [7, 11) is 0. The van der Waals surface area contributed by atoms with Crippen molar-refractivity contribution in [2.24, 2.45) is 5.41 Å². The minimum atomic E-state index is 0.114. The largest absolute Gasteiger partial charge is 0.492 e. The molecule has 1 aromatic carbocycles. The summed E-state index contributed by atoms with van der Waals surface area (Å²) in [5.74, 6) is 1.34. The first-order valence-electron chi connectivity index (χ1n) is 6.75. The highest BCUT2D eigenvalue weighted by Gasteiger charge is 2.25. The Bertz CT molecular complexity index is 581. The highest BCUT2D eigenvalue weighted by atomic mass is 16.5. The van der Waals surface area contributed by atoms with Crippen LogP contribution >= 0.6 is 0 Å². The fourth-order valence-corrected chi connectivity index (χ4v) is 2.18. The quantitative estimate of drug-likeness (QED) is 0.918. The van der Waals surface area contributed by atoms with Gasteiger partial charge >= 0.3 is 0 Å². The number of hydrogen-bond acceptors (Lipinski definition) is 3. The maximum absolute atomic E-state index is 6.11. The van der Waals surface area contributed by atoms with Gasteiger partial charge in [0.25, 0.3) is 0 Å².